The molecule has 0 aliphatic carbocycles. The Balaban J connectivity index is 3.05. The molecule has 0 fully saturated rings. The molecular formula is C9H13N. The van der Waals surface area contributed by atoms with Crippen molar-refractivity contribution < 1.29 is 0 Å². The Hall–Kier alpha value is -0.980. The molecule has 0 saturated carbocycles. The van der Waals surface area contributed by atoms with E-state index in [2.05, 4.69) is 42.8 Å². The Labute approximate surface area is 62.0 Å². The smallest absolute Gasteiger partial charge is 0.0402 e. The maximum absolute atomic E-state index is 2.17. The molecule has 0 unspecified atom stereocenters. The van der Waals surface area contributed by atoms with Crippen LogP contribution in [0, 0.1) is 6.92 Å². The van der Waals surface area contributed by atoms with Gasteiger partial charge in [0.2, 0.25) is 0 Å². The van der Waals surface area contributed by atoms with E-state index in [4.69, 9.17) is 0 Å². The standard InChI is InChI=1S/C9H13N/c1-4-5-9-7-6-8(2)10(9)3/h4-7H,1-3H3. The third kappa shape index (κ3) is 1.13. The Kier molecular flexibility index (Phi) is 1.95. The molecule has 1 aromatic rings. The van der Waals surface area contributed by atoms with Crippen molar-refractivity contribution in [2.24, 2.45) is 7.05 Å². The van der Waals surface area contributed by atoms with Crippen molar-refractivity contribution >= 4 is 6.08 Å². The van der Waals surface area contributed by atoms with Gasteiger partial charge >= 0.3 is 0 Å². The second-order valence-electron chi connectivity index (χ2n) is 2.46. The van der Waals surface area contributed by atoms with Crippen LogP contribution in [0.4, 0.5) is 0 Å². The maximum Gasteiger partial charge on any atom is 0.0402 e. The molecule has 0 radical (unpaired) electrons. The Bertz CT molecular complexity index is 243. The molecule has 0 aromatic carbocycles. The number of hydrogen-bond acceptors (Lipinski definition) is 0. The molecule has 1 rings (SSSR count). The Morgan fingerprint density at radius 2 is 2.10 bits per heavy atom. The molecule has 1 heteroatoms. The molecule has 10 heavy (non-hydrogen) atoms. The molecule has 0 aliphatic rings. The van der Waals surface area contributed by atoms with Gasteiger partial charge in [0.25, 0.3) is 0 Å². The van der Waals surface area contributed by atoms with E-state index >= 15 is 0 Å². The molecule has 0 atom stereocenters. The zero-order valence-corrected chi connectivity index (χ0v) is 6.76. The van der Waals surface area contributed by atoms with Crippen LogP contribution in [-0.2, 0) is 7.05 Å². The zero-order valence-electron chi connectivity index (χ0n) is 6.76. The lowest BCUT2D eigenvalue weighted by Crippen LogP contribution is -1.91. The number of hydrogen-bond donors (Lipinski definition) is 0. The van der Waals surface area contributed by atoms with Gasteiger partial charge in [0.1, 0.15) is 0 Å². The van der Waals surface area contributed by atoms with Crippen molar-refractivity contribution in [3.05, 3.63) is 29.6 Å². The predicted octanol–water partition coefficient (Wildman–Crippen LogP) is 2.37. The van der Waals surface area contributed by atoms with E-state index < -0.39 is 0 Å². The van der Waals surface area contributed by atoms with Crippen LogP contribution < -0.4 is 0 Å². The highest BCUT2D eigenvalue weighted by molar-refractivity contribution is 5.45. The number of allylic oxidation sites excluding steroid dienone is 1. The molecule has 1 heterocycles. The fourth-order valence-electron chi connectivity index (χ4n) is 0.971. The first-order valence-electron chi connectivity index (χ1n) is 3.50. The predicted molar refractivity (Wildman–Crippen MR) is 44.9 cm³/mol. The van der Waals surface area contributed by atoms with Crippen molar-refractivity contribution in [1.29, 1.82) is 0 Å². The third-order valence-corrected chi connectivity index (χ3v) is 1.75. The van der Waals surface area contributed by atoms with Crippen molar-refractivity contribution in [2.45, 2.75) is 13.8 Å². The summed E-state index contributed by atoms with van der Waals surface area (Å²) in [4.78, 5) is 0. The summed E-state index contributed by atoms with van der Waals surface area (Å²) in [7, 11) is 2.07. The highest BCUT2D eigenvalue weighted by Crippen LogP contribution is 2.06. The molecule has 0 spiro atoms. The quantitative estimate of drug-likeness (QED) is 0.557. The first kappa shape index (κ1) is 7.13. The van der Waals surface area contributed by atoms with Crippen LogP contribution in [0.25, 0.3) is 6.08 Å². The van der Waals surface area contributed by atoms with Gasteiger partial charge in [0, 0.05) is 18.4 Å². The van der Waals surface area contributed by atoms with Crippen molar-refractivity contribution in [3.8, 4) is 0 Å². The van der Waals surface area contributed by atoms with E-state index in [1.165, 1.54) is 11.4 Å². The molecule has 54 valence electrons. The molecule has 0 aliphatic heterocycles. The van der Waals surface area contributed by atoms with Crippen LogP contribution in [0.15, 0.2) is 18.2 Å². The topological polar surface area (TPSA) is 4.93 Å². The lowest BCUT2D eigenvalue weighted by Gasteiger charge is -1.98. The first-order chi connectivity index (χ1) is 4.75. The molecule has 0 bridgehead atoms. The average molecular weight is 135 g/mol. The molecule has 0 saturated heterocycles. The molecular weight excluding hydrogens is 122 g/mol. The molecule has 1 nitrogen and oxygen atoms in total. The van der Waals surface area contributed by atoms with Gasteiger partial charge in [-0.15, -0.1) is 0 Å². The van der Waals surface area contributed by atoms with Crippen LogP contribution in [-0.4, -0.2) is 4.57 Å². The number of aromatic nitrogens is 1. The second-order valence-corrected chi connectivity index (χ2v) is 2.46. The van der Waals surface area contributed by atoms with Gasteiger partial charge in [0.15, 0.2) is 0 Å². The average Bonchev–Trinajstić information content (AvgIpc) is 2.20. The first-order valence-corrected chi connectivity index (χ1v) is 3.50. The number of rotatable bonds is 1. The van der Waals surface area contributed by atoms with Gasteiger partial charge in [-0.05, 0) is 32.1 Å². The van der Waals surface area contributed by atoms with Gasteiger partial charge in [0.05, 0.1) is 0 Å². The van der Waals surface area contributed by atoms with Crippen molar-refractivity contribution in [1.82, 2.24) is 4.57 Å². The molecule has 0 N–H and O–H groups in total. The molecule has 0 amide bonds. The van der Waals surface area contributed by atoms with Crippen LogP contribution in [0.1, 0.15) is 18.3 Å². The minimum absolute atomic E-state index is 1.26. The summed E-state index contributed by atoms with van der Waals surface area (Å²) >= 11 is 0. The van der Waals surface area contributed by atoms with E-state index in [0.717, 1.165) is 0 Å². The van der Waals surface area contributed by atoms with Gasteiger partial charge in [-0.2, -0.15) is 0 Å². The number of nitrogens with zero attached hydrogens (tertiary/aromatic N) is 1. The fraction of sp³-hybridized carbons (Fsp3) is 0.333. The largest absolute Gasteiger partial charge is 0.348 e. The van der Waals surface area contributed by atoms with Gasteiger partial charge < -0.3 is 4.57 Å². The summed E-state index contributed by atoms with van der Waals surface area (Å²) in [5, 5.41) is 0. The minimum atomic E-state index is 1.26. The van der Waals surface area contributed by atoms with E-state index in [1.807, 2.05) is 6.92 Å². The summed E-state index contributed by atoms with van der Waals surface area (Å²) in [6.07, 6.45) is 4.15. The minimum Gasteiger partial charge on any atom is -0.348 e. The van der Waals surface area contributed by atoms with E-state index in [0.29, 0.717) is 0 Å². The zero-order chi connectivity index (χ0) is 7.56. The van der Waals surface area contributed by atoms with E-state index in [9.17, 15) is 0 Å². The van der Waals surface area contributed by atoms with Gasteiger partial charge in [-0.25, -0.2) is 0 Å². The van der Waals surface area contributed by atoms with Crippen molar-refractivity contribution in [3.63, 3.8) is 0 Å². The van der Waals surface area contributed by atoms with E-state index in [-0.39, 0.29) is 0 Å². The summed E-state index contributed by atoms with van der Waals surface area (Å²) in [6, 6.07) is 4.24. The lowest BCUT2D eigenvalue weighted by molar-refractivity contribution is 0.871. The maximum atomic E-state index is 2.17. The molecule has 1 aromatic heterocycles. The Morgan fingerprint density at radius 1 is 1.40 bits per heavy atom. The second kappa shape index (κ2) is 2.74. The summed E-state index contributed by atoms with van der Waals surface area (Å²) < 4.78 is 2.17. The van der Waals surface area contributed by atoms with E-state index in [1.54, 1.807) is 0 Å². The summed E-state index contributed by atoms with van der Waals surface area (Å²) in [5.74, 6) is 0. The van der Waals surface area contributed by atoms with Crippen LogP contribution in [0.5, 0.6) is 0 Å². The van der Waals surface area contributed by atoms with Crippen LogP contribution in [0.3, 0.4) is 0 Å². The SMILES string of the molecule is CC=Cc1ccc(C)n1C. The normalized spacial score (nSPS) is 11.1. The van der Waals surface area contributed by atoms with Gasteiger partial charge in [-0.1, -0.05) is 6.08 Å². The summed E-state index contributed by atoms with van der Waals surface area (Å²) in [5.41, 5.74) is 2.56. The fourth-order valence-corrected chi connectivity index (χ4v) is 0.971. The third-order valence-electron chi connectivity index (χ3n) is 1.75. The summed E-state index contributed by atoms with van der Waals surface area (Å²) in [6.45, 7) is 4.13. The van der Waals surface area contributed by atoms with Crippen LogP contribution in [0.2, 0.25) is 0 Å². The van der Waals surface area contributed by atoms with Gasteiger partial charge in [-0.3, -0.25) is 0 Å². The highest BCUT2D eigenvalue weighted by atomic mass is 14.9. The number of aryl methyl sites for hydroxylation is 1. The highest BCUT2D eigenvalue weighted by Gasteiger charge is 1.93. The monoisotopic (exact) mass is 135 g/mol. The van der Waals surface area contributed by atoms with Crippen molar-refractivity contribution in [2.75, 3.05) is 0 Å². The lowest BCUT2D eigenvalue weighted by atomic mass is 10.4. The van der Waals surface area contributed by atoms with Crippen LogP contribution >= 0.6 is 0 Å². The Morgan fingerprint density at radius 3 is 2.50 bits per heavy atom.